The summed E-state index contributed by atoms with van der Waals surface area (Å²) in [5, 5.41) is 12.2. The normalized spacial score (nSPS) is 16.9. The topological polar surface area (TPSA) is 49.3 Å². The van der Waals surface area contributed by atoms with E-state index >= 15 is 0 Å². The fraction of sp³-hybridized carbons (Fsp3) is 0.417. The SMILES string of the molecule is Cc1cc(NC(C(=O)O)C2CC2)ccc1Br. The molecule has 2 rings (SSSR count). The molecule has 1 saturated carbocycles. The molecule has 16 heavy (non-hydrogen) atoms. The molecular weight excluding hydrogens is 270 g/mol. The smallest absolute Gasteiger partial charge is 0.326 e. The number of nitrogens with one attached hydrogen (secondary N) is 1. The Kier molecular flexibility index (Phi) is 3.19. The first-order valence-corrected chi connectivity index (χ1v) is 6.12. The van der Waals surface area contributed by atoms with E-state index in [1.165, 1.54) is 0 Å². The molecule has 1 aromatic rings. The first-order chi connectivity index (χ1) is 7.58. The van der Waals surface area contributed by atoms with Gasteiger partial charge in [0, 0.05) is 10.2 Å². The Morgan fingerprint density at radius 3 is 2.75 bits per heavy atom. The minimum atomic E-state index is -0.761. The minimum Gasteiger partial charge on any atom is -0.480 e. The van der Waals surface area contributed by atoms with Gasteiger partial charge >= 0.3 is 5.97 Å². The van der Waals surface area contributed by atoms with E-state index in [0.29, 0.717) is 5.92 Å². The fourth-order valence-corrected chi connectivity index (χ4v) is 1.97. The fourth-order valence-electron chi connectivity index (χ4n) is 1.72. The summed E-state index contributed by atoms with van der Waals surface area (Å²) in [4.78, 5) is 11.1. The Morgan fingerprint density at radius 1 is 1.56 bits per heavy atom. The van der Waals surface area contributed by atoms with Crippen LogP contribution < -0.4 is 5.32 Å². The zero-order valence-electron chi connectivity index (χ0n) is 9.03. The van der Waals surface area contributed by atoms with Crippen LogP contribution in [0.25, 0.3) is 0 Å². The van der Waals surface area contributed by atoms with Crippen LogP contribution in [0.15, 0.2) is 22.7 Å². The van der Waals surface area contributed by atoms with Crippen LogP contribution in [0.2, 0.25) is 0 Å². The molecule has 0 aliphatic heterocycles. The summed E-state index contributed by atoms with van der Waals surface area (Å²) >= 11 is 3.42. The maximum Gasteiger partial charge on any atom is 0.326 e. The minimum absolute atomic E-state index is 0.293. The Balaban J connectivity index is 2.12. The Labute approximate surface area is 103 Å². The average Bonchev–Trinajstić information content (AvgIpc) is 3.03. The molecular formula is C12H14BrNO2. The van der Waals surface area contributed by atoms with E-state index in [-0.39, 0.29) is 0 Å². The van der Waals surface area contributed by atoms with Crippen LogP contribution >= 0.6 is 15.9 Å². The molecule has 0 bridgehead atoms. The number of carboxylic acid groups (broad SMARTS) is 1. The molecule has 0 spiro atoms. The second-order valence-electron chi connectivity index (χ2n) is 4.26. The van der Waals surface area contributed by atoms with E-state index in [2.05, 4.69) is 21.2 Å². The van der Waals surface area contributed by atoms with Gasteiger partial charge in [-0.25, -0.2) is 4.79 Å². The van der Waals surface area contributed by atoms with Crippen molar-refractivity contribution in [1.82, 2.24) is 0 Å². The molecule has 0 amide bonds. The van der Waals surface area contributed by atoms with Crippen LogP contribution in [-0.2, 0) is 4.79 Å². The van der Waals surface area contributed by atoms with Gasteiger partial charge < -0.3 is 10.4 Å². The van der Waals surface area contributed by atoms with Gasteiger partial charge in [0.25, 0.3) is 0 Å². The van der Waals surface area contributed by atoms with Gasteiger partial charge in [-0.3, -0.25) is 0 Å². The van der Waals surface area contributed by atoms with Gasteiger partial charge in [0.15, 0.2) is 0 Å². The third kappa shape index (κ3) is 2.55. The highest BCUT2D eigenvalue weighted by molar-refractivity contribution is 9.10. The quantitative estimate of drug-likeness (QED) is 0.893. The number of hydrogen-bond acceptors (Lipinski definition) is 2. The lowest BCUT2D eigenvalue weighted by atomic mass is 10.1. The van der Waals surface area contributed by atoms with Gasteiger partial charge in [-0.05, 0) is 49.4 Å². The lowest BCUT2D eigenvalue weighted by molar-refractivity contribution is -0.138. The molecule has 0 heterocycles. The van der Waals surface area contributed by atoms with Crippen LogP contribution in [0, 0.1) is 12.8 Å². The van der Waals surface area contributed by atoms with Gasteiger partial charge in [0.05, 0.1) is 0 Å². The Morgan fingerprint density at radius 2 is 2.25 bits per heavy atom. The second kappa shape index (κ2) is 4.45. The molecule has 2 N–H and O–H groups in total. The summed E-state index contributed by atoms with van der Waals surface area (Å²) in [5.74, 6) is -0.468. The maximum atomic E-state index is 11.1. The molecule has 1 aliphatic carbocycles. The van der Waals surface area contributed by atoms with Crippen molar-refractivity contribution in [3.63, 3.8) is 0 Å². The third-order valence-electron chi connectivity index (χ3n) is 2.84. The number of aryl methyl sites for hydroxylation is 1. The maximum absolute atomic E-state index is 11.1. The number of anilines is 1. The van der Waals surface area contributed by atoms with E-state index in [1.54, 1.807) is 0 Å². The van der Waals surface area contributed by atoms with Crippen molar-refractivity contribution in [2.24, 2.45) is 5.92 Å². The predicted octanol–water partition coefficient (Wildman–Crippen LogP) is 3.03. The first-order valence-electron chi connectivity index (χ1n) is 5.33. The van der Waals surface area contributed by atoms with Crippen LogP contribution in [0.4, 0.5) is 5.69 Å². The Bertz CT molecular complexity index is 415. The summed E-state index contributed by atoms with van der Waals surface area (Å²) in [7, 11) is 0. The zero-order chi connectivity index (χ0) is 11.7. The summed E-state index contributed by atoms with van der Waals surface area (Å²) in [5.41, 5.74) is 1.98. The van der Waals surface area contributed by atoms with Crippen molar-refractivity contribution in [2.75, 3.05) is 5.32 Å². The van der Waals surface area contributed by atoms with E-state index in [1.807, 2.05) is 25.1 Å². The molecule has 1 unspecified atom stereocenters. The number of halogens is 1. The van der Waals surface area contributed by atoms with Crippen LogP contribution in [0.3, 0.4) is 0 Å². The lowest BCUT2D eigenvalue weighted by Gasteiger charge is -2.15. The lowest BCUT2D eigenvalue weighted by Crippen LogP contribution is -2.31. The van der Waals surface area contributed by atoms with E-state index < -0.39 is 12.0 Å². The Hall–Kier alpha value is -1.03. The average molecular weight is 284 g/mol. The highest BCUT2D eigenvalue weighted by Gasteiger charge is 2.36. The highest BCUT2D eigenvalue weighted by atomic mass is 79.9. The number of carboxylic acids is 1. The van der Waals surface area contributed by atoms with Gasteiger partial charge in [0.2, 0.25) is 0 Å². The number of rotatable bonds is 4. The monoisotopic (exact) mass is 283 g/mol. The van der Waals surface area contributed by atoms with Gasteiger partial charge in [-0.2, -0.15) is 0 Å². The molecule has 1 aliphatic rings. The van der Waals surface area contributed by atoms with Crippen molar-refractivity contribution < 1.29 is 9.90 Å². The molecule has 1 aromatic carbocycles. The molecule has 0 aromatic heterocycles. The van der Waals surface area contributed by atoms with Crippen LogP contribution in [-0.4, -0.2) is 17.1 Å². The number of aliphatic carboxylic acids is 1. The summed E-state index contributed by atoms with van der Waals surface area (Å²) < 4.78 is 1.04. The molecule has 1 atom stereocenters. The van der Waals surface area contributed by atoms with E-state index in [0.717, 1.165) is 28.6 Å². The third-order valence-corrected chi connectivity index (χ3v) is 3.73. The van der Waals surface area contributed by atoms with Gasteiger partial charge in [0.1, 0.15) is 6.04 Å². The number of hydrogen-bond donors (Lipinski definition) is 2. The van der Waals surface area contributed by atoms with Crippen LogP contribution in [0.1, 0.15) is 18.4 Å². The van der Waals surface area contributed by atoms with Crippen molar-refractivity contribution in [1.29, 1.82) is 0 Å². The van der Waals surface area contributed by atoms with Gasteiger partial charge in [-0.1, -0.05) is 15.9 Å². The van der Waals surface area contributed by atoms with Crippen molar-refractivity contribution in [3.8, 4) is 0 Å². The summed E-state index contributed by atoms with van der Waals surface area (Å²) in [6.45, 7) is 1.99. The second-order valence-corrected chi connectivity index (χ2v) is 5.12. The van der Waals surface area contributed by atoms with Crippen molar-refractivity contribution in [2.45, 2.75) is 25.8 Å². The molecule has 3 nitrogen and oxygen atoms in total. The predicted molar refractivity (Wildman–Crippen MR) is 66.6 cm³/mol. The molecule has 1 fully saturated rings. The van der Waals surface area contributed by atoms with E-state index in [9.17, 15) is 4.79 Å². The highest BCUT2D eigenvalue weighted by Crippen LogP contribution is 2.34. The molecule has 4 heteroatoms. The zero-order valence-corrected chi connectivity index (χ0v) is 10.6. The summed E-state index contributed by atoms with van der Waals surface area (Å²) in [6, 6.07) is 5.35. The molecule has 0 radical (unpaired) electrons. The molecule has 0 saturated heterocycles. The number of benzene rings is 1. The first kappa shape index (κ1) is 11.5. The standard InChI is InChI=1S/C12H14BrNO2/c1-7-6-9(4-5-10(7)13)14-11(12(15)16)8-2-3-8/h4-6,8,11,14H,2-3H2,1H3,(H,15,16). The van der Waals surface area contributed by atoms with Crippen molar-refractivity contribution in [3.05, 3.63) is 28.2 Å². The van der Waals surface area contributed by atoms with Crippen molar-refractivity contribution >= 4 is 27.6 Å². The van der Waals surface area contributed by atoms with Crippen LogP contribution in [0.5, 0.6) is 0 Å². The molecule has 86 valence electrons. The summed E-state index contributed by atoms with van der Waals surface area (Å²) in [6.07, 6.45) is 2.03. The van der Waals surface area contributed by atoms with Gasteiger partial charge in [-0.15, -0.1) is 0 Å². The number of carbonyl (C=O) groups is 1. The largest absolute Gasteiger partial charge is 0.480 e. The van der Waals surface area contributed by atoms with E-state index in [4.69, 9.17) is 5.11 Å².